The number of carboxylic acid groups (broad SMARTS) is 1. The van der Waals surface area contributed by atoms with Gasteiger partial charge in [-0.25, -0.2) is 0 Å². The van der Waals surface area contributed by atoms with Gasteiger partial charge in [-0.15, -0.1) is 0 Å². The fourth-order valence-electron chi connectivity index (χ4n) is 0.880. The van der Waals surface area contributed by atoms with Crippen LogP contribution in [0.3, 0.4) is 0 Å². The molecule has 0 saturated carbocycles. The molecule has 0 amide bonds. The molecule has 1 N–H and O–H groups in total. The first-order valence-electron chi connectivity index (χ1n) is 3.99. The molecule has 0 spiro atoms. The van der Waals surface area contributed by atoms with Gasteiger partial charge in [0, 0.05) is 31.5 Å². The van der Waals surface area contributed by atoms with E-state index in [9.17, 15) is 4.79 Å². The minimum absolute atomic E-state index is 0. The van der Waals surface area contributed by atoms with E-state index >= 15 is 0 Å². The van der Waals surface area contributed by atoms with Crippen LogP contribution >= 0.6 is 0 Å². The third-order valence-electron chi connectivity index (χ3n) is 1.49. The Kier molecular flexibility index (Phi) is 20.4. The summed E-state index contributed by atoms with van der Waals surface area (Å²) in [6.07, 6.45) is 5.88. The van der Waals surface area contributed by atoms with Gasteiger partial charge in [-0.3, -0.25) is 4.79 Å². The maximum absolute atomic E-state index is 10.0. The number of unbranched alkanes of at least 4 members (excludes halogenated alkanes) is 4. The van der Waals surface area contributed by atoms with E-state index in [4.69, 9.17) is 5.11 Å². The predicted molar refractivity (Wildman–Crippen MR) is 42.1 cm³/mol. The second-order valence-corrected chi connectivity index (χ2v) is 2.56. The van der Waals surface area contributed by atoms with Crippen molar-refractivity contribution in [2.24, 2.45) is 0 Å². The second kappa shape index (κ2) is 13.6. The molecule has 4 heteroatoms. The Morgan fingerprint density at radius 1 is 1.17 bits per heavy atom. The predicted octanol–water partition coefficient (Wildman–Crippen LogP) is 2.85. The molecule has 0 fully saturated rings. The number of hydrogen-bond acceptors (Lipinski definition) is 1. The van der Waals surface area contributed by atoms with Gasteiger partial charge in [0.1, 0.15) is 0 Å². The van der Waals surface area contributed by atoms with Gasteiger partial charge in [-0.05, 0) is 6.42 Å². The molecule has 0 rings (SSSR count). The average Bonchev–Trinajstić information content (AvgIpc) is 1.87. The Balaban J connectivity index is -0.000000405. The van der Waals surface area contributed by atoms with Crippen LogP contribution in [-0.4, -0.2) is 11.1 Å². The molecule has 0 atom stereocenters. The zero-order valence-corrected chi connectivity index (χ0v) is 8.85. The molecular weight excluding hydrogens is 254 g/mol. The van der Waals surface area contributed by atoms with E-state index in [1.165, 1.54) is 19.3 Å². The molecule has 0 aromatic carbocycles. The van der Waals surface area contributed by atoms with Crippen LogP contribution in [0.5, 0.6) is 0 Å². The molecule has 12 heavy (non-hydrogen) atoms. The summed E-state index contributed by atoms with van der Waals surface area (Å²) in [6, 6.07) is 0. The van der Waals surface area contributed by atoms with E-state index in [1.807, 2.05) is 0 Å². The van der Waals surface area contributed by atoms with Gasteiger partial charge in [-0.2, -0.15) is 0 Å². The van der Waals surface area contributed by atoms with E-state index in [0.717, 1.165) is 12.8 Å². The van der Waals surface area contributed by atoms with Crippen LogP contribution in [0.4, 0.5) is 4.70 Å². The standard InChI is InChI=1S/C8H16O2.F.Pd/c1-2-3-4-5-6-7-8(9)10;;/h2-7H2,1H3,(H,9,10);;. The van der Waals surface area contributed by atoms with Crippen molar-refractivity contribution in [2.75, 3.05) is 0 Å². The third kappa shape index (κ3) is 16.6. The van der Waals surface area contributed by atoms with Gasteiger partial charge in [0.25, 0.3) is 0 Å². The van der Waals surface area contributed by atoms with Crippen LogP contribution < -0.4 is 0 Å². The molecule has 0 bridgehead atoms. The van der Waals surface area contributed by atoms with Crippen LogP contribution in [0.1, 0.15) is 45.4 Å². The Morgan fingerprint density at radius 3 is 2.08 bits per heavy atom. The fourth-order valence-corrected chi connectivity index (χ4v) is 0.880. The molecule has 0 aliphatic heterocycles. The molecule has 2 nitrogen and oxygen atoms in total. The molecule has 0 unspecified atom stereocenters. The van der Waals surface area contributed by atoms with Crippen molar-refractivity contribution in [3.05, 3.63) is 0 Å². The third-order valence-corrected chi connectivity index (χ3v) is 1.49. The summed E-state index contributed by atoms with van der Waals surface area (Å²) < 4.78 is 0. The quantitative estimate of drug-likeness (QED) is 0.595. The van der Waals surface area contributed by atoms with E-state index in [2.05, 4.69) is 6.92 Å². The van der Waals surface area contributed by atoms with Crippen LogP contribution in [0.25, 0.3) is 0 Å². The summed E-state index contributed by atoms with van der Waals surface area (Å²) >= 11 is 0. The summed E-state index contributed by atoms with van der Waals surface area (Å²) in [5.74, 6) is -0.670. The van der Waals surface area contributed by atoms with Gasteiger partial charge in [0.2, 0.25) is 0 Å². The molecule has 0 aromatic rings. The zero-order chi connectivity index (χ0) is 7.82. The molecule has 0 saturated heterocycles. The van der Waals surface area contributed by atoms with Gasteiger partial charge in [0.15, 0.2) is 0 Å². The molecule has 0 heterocycles. The number of halogens is 1. The first-order chi connectivity index (χ1) is 4.77. The van der Waals surface area contributed by atoms with Crippen molar-refractivity contribution in [1.29, 1.82) is 0 Å². The molecule has 0 aliphatic rings. The van der Waals surface area contributed by atoms with Crippen LogP contribution in [-0.2, 0) is 25.2 Å². The molecule has 77 valence electrons. The van der Waals surface area contributed by atoms with Gasteiger partial charge < -0.3 is 5.11 Å². The molecule has 0 aromatic heterocycles. The maximum atomic E-state index is 10.0. The second-order valence-electron chi connectivity index (χ2n) is 2.56. The first-order valence-corrected chi connectivity index (χ1v) is 3.99. The Morgan fingerprint density at radius 2 is 1.67 bits per heavy atom. The normalized spacial score (nSPS) is 8.08. The van der Waals surface area contributed by atoms with Crippen LogP contribution in [0.2, 0.25) is 0 Å². The summed E-state index contributed by atoms with van der Waals surface area (Å²) in [5, 5.41) is 8.27. The Hall–Kier alpha value is 0.0623. The number of aliphatic carboxylic acids is 1. The fraction of sp³-hybridized carbons (Fsp3) is 0.875. The largest absolute Gasteiger partial charge is 0.481 e. The van der Waals surface area contributed by atoms with E-state index < -0.39 is 5.97 Å². The van der Waals surface area contributed by atoms with Crippen molar-refractivity contribution in [1.82, 2.24) is 0 Å². The number of carbonyl (C=O) groups is 1. The SMILES string of the molecule is CCCCCCCC(=O)O.[F].[Pd]. The topological polar surface area (TPSA) is 37.3 Å². The zero-order valence-electron chi connectivity index (χ0n) is 7.29. The van der Waals surface area contributed by atoms with Crippen molar-refractivity contribution in [3.8, 4) is 0 Å². The van der Waals surface area contributed by atoms with Crippen LogP contribution in [0, 0.1) is 0 Å². The Bertz CT molecular complexity index is 99.1. The van der Waals surface area contributed by atoms with E-state index in [-0.39, 0.29) is 25.1 Å². The Labute approximate surface area is 86.8 Å². The molecular formula is C8H16FO2Pd. The molecule has 0 aliphatic carbocycles. The first kappa shape index (κ1) is 18.0. The van der Waals surface area contributed by atoms with Gasteiger partial charge in [-0.1, -0.05) is 32.6 Å². The minimum Gasteiger partial charge on any atom is -0.481 e. The summed E-state index contributed by atoms with van der Waals surface area (Å²) in [5.41, 5.74) is 0. The van der Waals surface area contributed by atoms with E-state index in [0.29, 0.717) is 6.42 Å². The van der Waals surface area contributed by atoms with Gasteiger partial charge >= 0.3 is 5.97 Å². The van der Waals surface area contributed by atoms with E-state index in [1.54, 1.807) is 0 Å². The average molecular weight is 270 g/mol. The van der Waals surface area contributed by atoms with Crippen molar-refractivity contribution >= 4 is 5.97 Å². The summed E-state index contributed by atoms with van der Waals surface area (Å²) in [6.45, 7) is 2.15. The monoisotopic (exact) mass is 269 g/mol. The summed E-state index contributed by atoms with van der Waals surface area (Å²) in [7, 11) is 0. The molecule has 1 radical (unpaired) electrons. The number of hydrogen-bond donors (Lipinski definition) is 1. The van der Waals surface area contributed by atoms with Crippen molar-refractivity contribution in [2.45, 2.75) is 45.4 Å². The number of rotatable bonds is 6. The van der Waals surface area contributed by atoms with Crippen molar-refractivity contribution in [3.63, 3.8) is 0 Å². The minimum atomic E-state index is -0.670. The van der Waals surface area contributed by atoms with Gasteiger partial charge in [0.05, 0.1) is 0 Å². The van der Waals surface area contributed by atoms with Crippen molar-refractivity contribution < 1.29 is 35.0 Å². The maximum Gasteiger partial charge on any atom is 0.303 e. The van der Waals surface area contributed by atoms with Crippen LogP contribution in [0.15, 0.2) is 0 Å². The number of carboxylic acids is 1. The summed E-state index contributed by atoms with van der Waals surface area (Å²) in [4.78, 5) is 10.0. The smallest absolute Gasteiger partial charge is 0.303 e.